The molecule has 0 aliphatic carbocycles. The molecule has 1 aromatic carbocycles. The molecule has 1 aliphatic heterocycles. The monoisotopic (exact) mass is 365 g/mol. The molecule has 1 unspecified atom stereocenters. The second kappa shape index (κ2) is 5.42. The van der Waals surface area contributed by atoms with Gasteiger partial charge in [0.1, 0.15) is 0 Å². The van der Waals surface area contributed by atoms with E-state index >= 15 is 0 Å². The Balaban J connectivity index is 2.22. The molecule has 104 valence electrons. The lowest BCUT2D eigenvalue weighted by Gasteiger charge is -2.24. The molecule has 1 amide bonds. The van der Waals surface area contributed by atoms with Crippen molar-refractivity contribution < 1.29 is 13.2 Å². The number of carbonyl (C=O) groups is 1. The molecule has 0 spiro atoms. The van der Waals surface area contributed by atoms with Crippen molar-refractivity contribution in [3.05, 3.63) is 33.3 Å². The molecule has 1 aromatic rings. The highest BCUT2D eigenvalue weighted by molar-refractivity contribution is 9.10. The molecule has 7 heteroatoms. The van der Waals surface area contributed by atoms with Gasteiger partial charge in [-0.25, -0.2) is 8.42 Å². The molecule has 0 saturated carbocycles. The standard InChI is InChI=1S/C12H13BrClNO3S/c1-15(9-4-5-19(17,18)7-9)12(16)10-6-8(14)2-3-11(10)13/h2-3,6,9H,4-5,7H2,1H3. The Morgan fingerprint density at radius 1 is 1.47 bits per heavy atom. The maximum absolute atomic E-state index is 12.4. The number of hydrogen-bond acceptors (Lipinski definition) is 3. The summed E-state index contributed by atoms with van der Waals surface area (Å²) in [6, 6.07) is 4.70. The number of carbonyl (C=O) groups excluding carboxylic acids is 1. The van der Waals surface area contributed by atoms with Crippen LogP contribution in [0.25, 0.3) is 0 Å². The summed E-state index contributed by atoms with van der Waals surface area (Å²) in [6.45, 7) is 0. The molecule has 1 atom stereocenters. The van der Waals surface area contributed by atoms with Crippen LogP contribution in [-0.2, 0) is 9.84 Å². The fourth-order valence-corrected chi connectivity index (χ4v) is 4.46. The molecule has 1 saturated heterocycles. The lowest BCUT2D eigenvalue weighted by Crippen LogP contribution is -2.38. The maximum atomic E-state index is 12.4. The second-order valence-electron chi connectivity index (χ2n) is 4.60. The fraction of sp³-hybridized carbons (Fsp3) is 0.417. The largest absolute Gasteiger partial charge is 0.338 e. The van der Waals surface area contributed by atoms with Gasteiger partial charge < -0.3 is 4.90 Å². The van der Waals surface area contributed by atoms with E-state index in [1.165, 1.54) is 4.90 Å². The third kappa shape index (κ3) is 3.30. The zero-order chi connectivity index (χ0) is 14.2. The quantitative estimate of drug-likeness (QED) is 0.807. The van der Waals surface area contributed by atoms with Gasteiger partial charge in [0.25, 0.3) is 5.91 Å². The van der Waals surface area contributed by atoms with Crippen LogP contribution in [0.4, 0.5) is 0 Å². The number of benzene rings is 1. The smallest absolute Gasteiger partial charge is 0.255 e. The highest BCUT2D eigenvalue weighted by atomic mass is 79.9. The minimum Gasteiger partial charge on any atom is -0.338 e. The lowest BCUT2D eigenvalue weighted by atomic mass is 10.1. The molecular weight excluding hydrogens is 354 g/mol. The van der Waals surface area contributed by atoms with Crippen molar-refractivity contribution in [2.45, 2.75) is 12.5 Å². The second-order valence-corrected chi connectivity index (χ2v) is 8.12. The summed E-state index contributed by atoms with van der Waals surface area (Å²) in [5, 5.41) is 0.471. The van der Waals surface area contributed by atoms with Crippen molar-refractivity contribution in [3.8, 4) is 0 Å². The molecule has 4 nitrogen and oxygen atoms in total. The van der Waals surface area contributed by atoms with Crippen LogP contribution in [-0.4, -0.2) is 43.8 Å². The minimum absolute atomic E-state index is 0.0351. The third-order valence-corrected chi connectivity index (χ3v) is 5.91. The van der Waals surface area contributed by atoms with Crippen LogP contribution in [0, 0.1) is 0 Å². The molecule has 19 heavy (non-hydrogen) atoms. The Morgan fingerprint density at radius 3 is 2.74 bits per heavy atom. The van der Waals surface area contributed by atoms with E-state index in [1.54, 1.807) is 25.2 Å². The SMILES string of the molecule is CN(C(=O)c1cc(Cl)ccc1Br)C1CCS(=O)(=O)C1. The first-order chi connectivity index (χ1) is 8.80. The summed E-state index contributed by atoms with van der Waals surface area (Å²) in [5.41, 5.74) is 0.444. The van der Waals surface area contributed by atoms with Gasteiger partial charge in [0.15, 0.2) is 9.84 Å². The first-order valence-electron chi connectivity index (χ1n) is 5.73. The highest BCUT2D eigenvalue weighted by Crippen LogP contribution is 2.25. The van der Waals surface area contributed by atoms with Crippen molar-refractivity contribution in [1.29, 1.82) is 0 Å². The van der Waals surface area contributed by atoms with E-state index in [-0.39, 0.29) is 23.5 Å². The first-order valence-corrected chi connectivity index (χ1v) is 8.72. The van der Waals surface area contributed by atoms with Crippen molar-refractivity contribution >= 4 is 43.3 Å². The molecule has 0 aromatic heterocycles. The van der Waals surface area contributed by atoms with Crippen LogP contribution < -0.4 is 0 Å². The van der Waals surface area contributed by atoms with Crippen molar-refractivity contribution in [3.63, 3.8) is 0 Å². The van der Waals surface area contributed by atoms with Gasteiger partial charge in [0.2, 0.25) is 0 Å². The van der Waals surface area contributed by atoms with Gasteiger partial charge in [0, 0.05) is 22.6 Å². The molecule has 1 heterocycles. The van der Waals surface area contributed by atoms with Crippen LogP contribution in [0.2, 0.25) is 5.02 Å². The zero-order valence-electron chi connectivity index (χ0n) is 10.3. The van der Waals surface area contributed by atoms with E-state index in [0.717, 1.165) is 0 Å². The molecule has 1 fully saturated rings. The Kier molecular flexibility index (Phi) is 4.23. The van der Waals surface area contributed by atoms with Crippen LogP contribution in [0.5, 0.6) is 0 Å². The van der Waals surface area contributed by atoms with E-state index in [9.17, 15) is 13.2 Å². The Labute approximate surface area is 125 Å². The summed E-state index contributed by atoms with van der Waals surface area (Å²) < 4.78 is 23.6. The number of hydrogen-bond donors (Lipinski definition) is 0. The van der Waals surface area contributed by atoms with Gasteiger partial charge in [-0.05, 0) is 40.5 Å². The zero-order valence-corrected chi connectivity index (χ0v) is 13.4. The number of sulfone groups is 1. The van der Waals surface area contributed by atoms with E-state index in [2.05, 4.69) is 15.9 Å². The molecule has 0 N–H and O–H groups in total. The van der Waals surface area contributed by atoms with Crippen molar-refractivity contribution in [2.24, 2.45) is 0 Å². The van der Waals surface area contributed by atoms with Crippen LogP contribution in [0.1, 0.15) is 16.8 Å². The Morgan fingerprint density at radius 2 is 2.16 bits per heavy atom. The average Bonchev–Trinajstić information content (AvgIpc) is 2.71. The van der Waals surface area contributed by atoms with E-state index in [0.29, 0.717) is 21.5 Å². The van der Waals surface area contributed by atoms with Crippen molar-refractivity contribution in [1.82, 2.24) is 4.90 Å². The van der Waals surface area contributed by atoms with Gasteiger partial charge >= 0.3 is 0 Å². The fourth-order valence-electron chi connectivity index (χ4n) is 2.10. The van der Waals surface area contributed by atoms with Crippen LogP contribution in [0.3, 0.4) is 0 Å². The molecule has 1 aliphatic rings. The summed E-state index contributed by atoms with van der Waals surface area (Å²) in [5.74, 6) is -0.0455. The average molecular weight is 367 g/mol. The molecular formula is C12H13BrClNO3S. The van der Waals surface area contributed by atoms with Gasteiger partial charge in [-0.3, -0.25) is 4.79 Å². The lowest BCUT2D eigenvalue weighted by molar-refractivity contribution is 0.0747. The minimum atomic E-state index is -3.01. The Hall–Kier alpha value is -0.590. The normalized spacial score (nSPS) is 21.3. The van der Waals surface area contributed by atoms with E-state index in [1.807, 2.05) is 0 Å². The Bertz CT molecular complexity index is 617. The number of nitrogens with zero attached hydrogens (tertiary/aromatic N) is 1. The maximum Gasteiger partial charge on any atom is 0.255 e. The highest BCUT2D eigenvalue weighted by Gasteiger charge is 2.33. The van der Waals surface area contributed by atoms with Crippen LogP contribution >= 0.6 is 27.5 Å². The van der Waals surface area contributed by atoms with E-state index < -0.39 is 9.84 Å². The predicted octanol–water partition coefficient (Wildman–Crippen LogP) is 2.36. The topological polar surface area (TPSA) is 54.5 Å². The first kappa shape index (κ1) is 14.8. The molecule has 0 radical (unpaired) electrons. The summed E-state index contributed by atoms with van der Waals surface area (Å²) in [4.78, 5) is 13.8. The van der Waals surface area contributed by atoms with Crippen LogP contribution in [0.15, 0.2) is 22.7 Å². The number of rotatable bonds is 2. The molecule has 2 rings (SSSR count). The van der Waals surface area contributed by atoms with Gasteiger partial charge in [-0.2, -0.15) is 0 Å². The molecule has 0 bridgehead atoms. The predicted molar refractivity (Wildman–Crippen MR) is 78.3 cm³/mol. The van der Waals surface area contributed by atoms with Crippen molar-refractivity contribution in [2.75, 3.05) is 18.6 Å². The summed E-state index contributed by atoms with van der Waals surface area (Å²) in [7, 11) is -1.38. The van der Waals surface area contributed by atoms with E-state index in [4.69, 9.17) is 11.6 Å². The third-order valence-electron chi connectivity index (χ3n) is 3.24. The van der Waals surface area contributed by atoms with Gasteiger partial charge in [-0.15, -0.1) is 0 Å². The summed E-state index contributed by atoms with van der Waals surface area (Å²) >= 11 is 9.19. The van der Waals surface area contributed by atoms with Gasteiger partial charge in [-0.1, -0.05) is 11.6 Å². The number of amides is 1. The number of halogens is 2. The summed E-state index contributed by atoms with van der Waals surface area (Å²) in [6.07, 6.45) is 0.489. The van der Waals surface area contributed by atoms with Gasteiger partial charge in [0.05, 0.1) is 17.1 Å².